The van der Waals surface area contributed by atoms with Crippen LogP contribution in [0.2, 0.25) is 0 Å². The lowest BCUT2D eigenvalue weighted by atomic mass is 10.0. The van der Waals surface area contributed by atoms with Gasteiger partial charge in [-0.3, -0.25) is 4.98 Å². The third-order valence-corrected chi connectivity index (χ3v) is 4.78. The Hall–Kier alpha value is -2.76. The lowest BCUT2D eigenvalue weighted by Gasteiger charge is -2.24. The molecule has 6 nitrogen and oxygen atoms in total. The summed E-state index contributed by atoms with van der Waals surface area (Å²) >= 11 is 0. The van der Waals surface area contributed by atoms with Crippen LogP contribution in [0, 0.1) is 5.92 Å². The second kappa shape index (κ2) is 7.23. The van der Waals surface area contributed by atoms with Crippen LogP contribution in [0.5, 0.6) is 11.5 Å². The number of pyridine rings is 1. The van der Waals surface area contributed by atoms with Gasteiger partial charge in [-0.15, -0.1) is 0 Å². The Labute approximate surface area is 152 Å². The lowest BCUT2D eigenvalue weighted by Crippen LogP contribution is -2.40. The number of urea groups is 1. The van der Waals surface area contributed by atoms with E-state index in [1.165, 1.54) is 0 Å². The number of carbonyl (C=O) groups is 1. The predicted octanol–water partition coefficient (Wildman–Crippen LogP) is 3.36. The van der Waals surface area contributed by atoms with Crippen LogP contribution >= 0.6 is 0 Å². The summed E-state index contributed by atoms with van der Waals surface area (Å²) in [7, 11) is 0. The maximum absolute atomic E-state index is 12.5. The van der Waals surface area contributed by atoms with Crippen molar-refractivity contribution in [3.63, 3.8) is 0 Å². The van der Waals surface area contributed by atoms with Crippen LogP contribution in [0.25, 0.3) is 0 Å². The minimum absolute atomic E-state index is 0.0261. The molecular formula is C20H23N3O3. The summed E-state index contributed by atoms with van der Waals surface area (Å²) in [5.74, 6) is 1.99. The van der Waals surface area contributed by atoms with Gasteiger partial charge < -0.3 is 20.1 Å². The molecule has 1 aliphatic heterocycles. The molecule has 4 rings (SSSR count). The van der Waals surface area contributed by atoms with Crippen molar-refractivity contribution in [3.05, 3.63) is 53.9 Å². The van der Waals surface area contributed by atoms with Crippen molar-refractivity contribution in [1.82, 2.24) is 15.6 Å². The summed E-state index contributed by atoms with van der Waals surface area (Å²) < 4.78 is 11.3. The van der Waals surface area contributed by atoms with E-state index in [9.17, 15) is 4.79 Å². The Kier molecular flexibility index (Phi) is 4.65. The average Bonchev–Trinajstić information content (AvgIpc) is 3.51. The number of nitrogens with one attached hydrogen (secondary N) is 2. The molecule has 1 aliphatic carbocycles. The molecule has 6 heteroatoms. The first-order valence-electron chi connectivity index (χ1n) is 9.08. The van der Waals surface area contributed by atoms with E-state index < -0.39 is 0 Å². The van der Waals surface area contributed by atoms with Crippen molar-refractivity contribution in [1.29, 1.82) is 0 Å². The molecule has 0 unspecified atom stereocenters. The predicted molar refractivity (Wildman–Crippen MR) is 97.2 cm³/mol. The number of nitrogens with zero attached hydrogens (tertiary/aromatic N) is 1. The standard InChI is InChI=1S/C20H23N3O3/c1-13(16-4-2-3-9-21-16)22-20(24)23-19(14-5-6-14)15-7-8-17-18(12-15)26-11-10-25-17/h2-4,7-9,12-14,19H,5-6,10-11H2,1H3,(H2,22,23,24)/t13-,19-/m0/s1. The zero-order valence-corrected chi connectivity index (χ0v) is 14.8. The van der Waals surface area contributed by atoms with E-state index in [1.807, 2.05) is 43.3 Å². The van der Waals surface area contributed by atoms with Gasteiger partial charge >= 0.3 is 6.03 Å². The summed E-state index contributed by atoms with van der Waals surface area (Å²) in [4.78, 5) is 16.8. The zero-order valence-electron chi connectivity index (χ0n) is 14.8. The number of fused-ring (bicyclic) bond motifs is 1. The van der Waals surface area contributed by atoms with Gasteiger partial charge in [0.15, 0.2) is 11.5 Å². The number of ether oxygens (including phenoxy) is 2. The smallest absolute Gasteiger partial charge is 0.315 e. The normalized spacial score (nSPS) is 17.9. The Morgan fingerprint density at radius 2 is 1.92 bits per heavy atom. The highest BCUT2D eigenvalue weighted by Gasteiger charge is 2.34. The first kappa shape index (κ1) is 16.7. The Bertz CT molecular complexity index is 777. The number of hydrogen-bond donors (Lipinski definition) is 2. The van der Waals surface area contributed by atoms with Crippen molar-refractivity contribution in [3.8, 4) is 11.5 Å². The van der Waals surface area contributed by atoms with Crippen molar-refractivity contribution < 1.29 is 14.3 Å². The molecule has 0 spiro atoms. The fourth-order valence-electron chi connectivity index (χ4n) is 3.24. The molecule has 0 bridgehead atoms. The van der Waals surface area contributed by atoms with E-state index in [0.29, 0.717) is 19.1 Å². The number of aromatic nitrogens is 1. The summed E-state index contributed by atoms with van der Waals surface area (Å²) in [6.07, 6.45) is 3.97. The third-order valence-electron chi connectivity index (χ3n) is 4.78. The van der Waals surface area contributed by atoms with E-state index in [-0.39, 0.29) is 18.1 Å². The summed E-state index contributed by atoms with van der Waals surface area (Å²) in [6.45, 7) is 3.06. The van der Waals surface area contributed by atoms with Crippen molar-refractivity contribution >= 4 is 6.03 Å². The highest BCUT2D eigenvalue weighted by Crippen LogP contribution is 2.43. The molecule has 1 fully saturated rings. The van der Waals surface area contributed by atoms with E-state index in [2.05, 4.69) is 15.6 Å². The minimum atomic E-state index is -0.185. The van der Waals surface area contributed by atoms with E-state index in [4.69, 9.17) is 9.47 Å². The molecule has 2 atom stereocenters. The van der Waals surface area contributed by atoms with Gasteiger partial charge in [0, 0.05) is 6.20 Å². The summed E-state index contributed by atoms with van der Waals surface area (Å²) in [5.41, 5.74) is 1.89. The topological polar surface area (TPSA) is 72.5 Å². The van der Waals surface area contributed by atoms with Crippen LogP contribution in [0.3, 0.4) is 0 Å². The minimum Gasteiger partial charge on any atom is -0.486 e. The fraction of sp³-hybridized carbons (Fsp3) is 0.400. The molecular weight excluding hydrogens is 330 g/mol. The molecule has 136 valence electrons. The Morgan fingerprint density at radius 1 is 1.12 bits per heavy atom. The molecule has 26 heavy (non-hydrogen) atoms. The van der Waals surface area contributed by atoms with Crippen LogP contribution < -0.4 is 20.1 Å². The fourth-order valence-corrected chi connectivity index (χ4v) is 3.24. The SMILES string of the molecule is C[C@H](NC(=O)N[C@H](c1ccc2c(c1)OCCO2)C1CC1)c1ccccn1. The van der Waals surface area contributed by atoms with E-state index in [0.717, 1.165) is 35.6 Å². The number of amides is 2. The quantitative estimate of drug-likeness (QED) is 0.864. The Balaban J connectivity index is 1.45. The van der Waals surface area contributed by atoms with Crippen molar-refractivity contribution in [2.45, 2.75) is 31.8 Å². The lowest BCUT2D eigenvalue weighted by molar-refractivity contribution is 0.171. The third kappa shape index (κ3) is 3.74. The van der Waals surface area contributed by atoms with Gasteiger partial charge in [-0.25, -0.2) is 4.79 Å². The first-order valence-corrected chi connectivity index (χ1v) is 9.08. The molecule has 2 N–H and O–H groups in total. The largest absolute Gasteiger partial charge is 0.486 e. The monoisotopic (exact) mass is 353 g/mol. The number of carbonyl (C=O) groups excluding carboxylic acids is 1. The molecule has 2 amide bonds. The highest BCUT2D eigenvalue weighted by molar-refractivity contribution is 5.75. The number of benzene rings is 1. The van der Waals surface area contributed by atoms with Gasteiger partial charge in [0.05, 0.1) is 17.8 Å². The van der Waals surface area contributed by atoms with Crippen molar-refractivity contribution in [2.75, 3.05) is 13.2 Å². The van der Waals surface area contributed by atoms with E-state index in [1.54, 1.807) is 6.20 Å². The summed E-state index contributed by atoms with van der Waals surface area (Å²) in [6, 6.07) is 11.2. The molecule has 1 aromatic carbocycles. The van der Waals surface area contributed by atoms with Crippen LogP contribution in [0.4, 0.5) is 4.79 Å². The molecule has 2 heterocycles. The van der Waals surface area contributed by atoms with Gasteiger partial charge in [0.1, 0.15) is 13.2 Å². The average molecular weight is 353 g/mol. The molecule has 2 aliphatic rings. The van der Waals surface area contributed by atoms with Gasteiger partial charge in [-0.2, -0.15) is 0 Å². The zero-order chi connectivity index (χ0) is 17.9. The number of rotatable bonds is 5. The maximum atomic E-state index is 12.5. The molecule has 1 saturated carbocycles. The molecule has 1 aromatic heterocycles. The first-order chi connectivity index (χ1) is 12.7. The van der Waals surface area contributed by atoms with Crippen LogP contribution in [-0.2, 0) is 0 Å². The summed E-state index contributed by atoms with van der Waals surface area (Å²) in [5, 5.41) is 6.10. The van der Waals surface area contributed by atoms with Crippen LogP contribution in [0.15, 0.2) is 42.6 Å². The number of hydrogen-bond acceptors (Lipinski definition) is 4. The van der Waals surface area contributed by atoms with Crippen LogP contribution in [-0.4, -0.2) is 24.2 Å². The maximum Gasteiger partial charge on any atom is 0.315 e. The van der Waals surface area contributed by atoms with Gasteiger partial charge in [-0.1, -0.05) is 12.1 Å². The van der Waals surface area contributed by atoms with E-state index >= 15 is 0 Å². The van der Waals surface area contributed by atoms with Crippen LogP contribution in [0.1, 0.15) is 43.1 Å². The molecule has 0 saturated heterocycles. The van der Waals surface area contributed by atoms with Gasteiger partial charge in [0.2, 0.25) is 0 Å². The molecule has 0 radical (unpaired) electrons. The van der Waals surface area contributed by atoms with Crippen molar-refractivity contribution in [2.24, 2.45) is 5.92 Å². The highest BCUT2D eigenvalue weighted by atomic mass is 16.6. The molecule has 2 aromatic rings. The van der Waals surface area contributed by atoms with Gasteiger partial charge in [-0.05, 0) is 55.5 Å². The second-order valence-corrected chi connectivity index (χ2v) is 6.81. The van der Waals surface area contributed by atoms with Gasteiger partial charge in [0.25, 0.3) is 0 Å². The Morgan fingerprint density at radius 3 is 2.65 bits per heavy atom. The second-order valence-electron chi connectivity index (χ2n) is 6.81.